The van der Waals surface area contributed by atoms with Gasteiger partial charge in [0.25, 0.3) is 5.56 Å². The third-order valence-electron chi connectivity index (χ3n) is 5.06. The average molecular weight is 531 g/mol. The van der Waals surface area contributed by atoms with Crippen molar-refractivity contribution < 1.29 is 19.2 Å². The van der Waals surface area contributed by atoms with Gasteiger partial charge in [0.05, 0.1) is 28.6 Å². The third-order valence-corrected chi connectivity index (χ3v) is 5.55. The first-order chi connectivity index (χ1) is 16.3. The first-order valence-corrected chi connectivity index (χ1v) is 11.4. The van der Waals surface area contributed by atoms with Gasteiger partial charge in [-0.05, 0) is 37.6 Å². The summed E-state index contributed by atoms with van der Waals surface area (Å²) in [6.07, 6.45) is 2.00. The second-order valence-corrected chi connectivity index (χ2v) is 8.26. The Morgan fingerprint density at radius 2 is 2.09 bits per heavy atom. The van der Waals surface area contributed by atoms with E-state index >= 15 is 0 Å². The predicted octanol–water partition coefficient (Wildman–Crippen LogP) is 4.40. The molecule has 178 valence electrons. The van der Waals surface area contributed by atoms with E-state index in [1.807, 2.05) is 13.8 Å². The number of ether oxygens (including phenoxy) is 2. The van der Waals surface area contributed by atoms with Crippen LogP contribution in [0.3, 0.4) is 0 Å². The summed E-state index contributed by atoms with van der Waals surface area (Å²) in [5.74, 6) is -0.442. The number of benzene rings is 2. The van der Waals surface area contributed by atoms with Crippen molar-refractivity contribution in [3.05, 3.63) is 72.7 Å². The lowest BCUT2D eigenvalue weighted by Gasteiger charge is -2.14. The molecule has 11 heteroatoms. The van der Waals surface area contributed by atoms with E-state index < -0.39 is 17.5 Å². The standard InChI is InChI=1S/C23H23BrN4O6/c1-4-14(3)22-26-18-10-9-16(24)11-17(18)23(30)27(22)25-12-15-7-6-8-19(28(31)32)21(15)34-13-20(29)33-5-2/h6-12,14H,4-5,13H2,1-3H3/t14-/m1/s1. The molecule has 1 aromatic heterocycles. The van der Waals surface area contributed by atoms with Crippen LogP contribution in [0, 0.1) is 10.1 Å². The molecule has 10 nitrogen and oxygen atoms in total. The van der Waals surface area contributed by atoms with Crippen LogP contribution in [0.2, 0.25) is 0 Å². The normalized spacial score (nSPS) is 12.1. The molecular weight excluding hydrogens is 508 g/mol. The van der Waals surface area contributed by atoms with Crippen LogP contribution < -0.4 is 10.3 Å². The first kappa shape index (κ1) is 25.0. The Morgan fingerprint density at radius 1 is 1.32 bits per heavy atom. The zero-order valence-electron chi connectivity index (χ0n) is 18.9. The molecular formula is C23H23BrN4O6. The summed E-state index contributed by atoms with van der Waals surface area (Å²) in [7, 11) is 0. The minimum Gasteiger partial charge on any atom is -0.474 e. The van der Waals surface area contributed by atoms with E-state index in [4.69, 9.17) is 9.47 Å². The van der Waals surface area contributed by atoms with Gasteiger partial charge >= 0.3 is 11.7 Å². The van der Waals surface area contributed by atoms with Crippen molar-refractivity contribution in [2.24, 2.45) is 5.10 Å². The van der Waals surface area contributed by atoms with Gasteiger partial charge in [-0.1, -0.05) is 35.8 Å². The molecule has 0 radical (unpaired) electrons. The minimum absolute atomic E-state index is 0.0810. The Kier molecular flexibility index (Phi) is 8.11. The molecule has 0 fully saturated rings. The SMILES string of the molecule is CCOC(=O)COc1c(C=Nn2c([C@H](C)CC)nc3ccc(Br)cc3c2=O)cccc1[N+](=O)[O-]. The molecule has 34 heavy (non-hydrogen) atoms. The molecule has 0 aliphatic carbocycles. The zero-order chi connectivity index (χ0) is 24.8. The number of rotatable bonds is 9. The number of para-hydroxylation sites is 1. The summed E-state index contributed by atoms with van der Waals surface area (Å²) in [6.45, 7) is 5.19. The number of aromatic nitrogens is 2. The molecule has 0 N–H and O–H groups in total. The summed E-state index contributed by atoms with van der Waals surface area (Å²) >= 11 is 3.37. The number of nitro groups is 1. The molecule has 3 rings (SSSR count). The summed E-state index contributed by atoms with van der Waals surface area (Å²) < 4.78 is 12.2. The lowest BCUT2D eigenvalue weighted by atomic mass is 10.1. The molecule has 0 aliphatic heterocycles. The van der Waals surface area contributed by atoms with Gasteiger partial charge in [0, 0.05) is 22.0 Å². The van der Waals surface area contributed by atoms with Crippen molar-refractivity contribution in [3.8, 4) is 5.75 Å². The number of fused-ring (bicyclic) bond motifs is 1. The Morgan fingerprint density at radius 3 is 2.76 bits per heavy atom. The maximum Gasteiger partial charge on any atom is 0.344 e. The van der Waals surface area contributed by atoms with E-state index in [9.17, 15) is 19.7 Å². The Labute approximate surface area is 203 Å². The van der Waals surface area contributed by atoms with E-state index in [1.165, 1.54) is 29.1 Å². The van der Waals surface area contributed by atoms with E-state index in [0.29, 0.717) is 23.1 Å². The van der Waals surface area contributed by atoms with E-state index in [1.54, 1.807) is 25.1 Å². The fourth-order valence-corrected chi connectivity index (χ4v) is 3.54. The van der Waals surface area contributed by atoms with E-state index in [2.05, 4.69) is 26.0 Å². The van der Waals surface area contributed by atoms with Crippen LogP contribution in [-0.2, 0) is 9.53 Å². The summed E-state index contributed by atoms with van der Waals surface area (Å²) in [6, 6.07) is 9.48. The lowest BCUT2D eigenvalue weighted by molar-refractivity contribution is -0.385. The zero-order valence-corrected chi connectivity index (χ0v) is 20.4. The van der Waals surface area contributed by atoms with Gasteiger partial charge in [-0.25, -0.2) is 9.78 Å². The second kappa shape index (κ2) is 11.0. The average Bonchev–Trinajstić information content (AvgIpc) is 2.82. The van der Waals surface area contributed by atoms with Gasteiger partial charge in [-0.3, -0.25) is 14.9 Å². The van der Waals surface area contributed by atoms with Gasteiger partial charge in [-0.2, -0.15) is 9.78 Å². The lowest BCUT2D eigenvalue weighted by Crippen LogP contribution is -2.23. The molecule has 3 aromatic rings. The first-order valence-electron chi connectivity index (χ1n) is 10.6. The minimum atomic E-state index is -0.664. The molecule has 1 atom stereocenters. The highest BCUT2D eigenvalue weighted by Crippen LogP contribution is 2.30. The van der Waals surface area contributed by atoms with Crippen LogP contribution in [0.4, 0.5) is 5.69 Å². The molecule has 0 aliphatic rings. The molecule has 0 unspecified atom stereocenters. The van der Waals surface area contributed by atoms with Crippen molar-refractivity contribution in [1.29, 1.82) is 0 Å². The maximum atomic E-state index is 13.3. The quantitative estimate of drug-likeness (QED) is 0.173. The number of hydrogen-bond acceptors (Lipinski definition) is 8. The van der Waals surface area contributed by atoms with Gasteiger partial charge in [0.15, 0.2) is 6.61 Å². The van der Waals surface area contributed by atoms with Crippen LogP contribution in [0.15, 0.2) is 50.8 Å². The largest absolute Gasteiger partial charge is 0.474 e. The summed E-state index contributed by atoms with van der Waals surface area (Å²) in [5.41, 5.74) is 0.0409. The number of esters is 1. The van der Waals surface area contributed by atoms with Gasteiger partial charge in [0.2, 0.25) is 5.75 Å². The van der Waals surface area contributed by atoms with Crippen LogP contribution >= 0.6 is 15.9 Å². The highest BCUT2D eigenvalue weighted by molar-refractivity contribution is 9.10. The molecule has 0 saturated carbocycles. The smallest absolute Gasteiger partial charge is 0.344 e. The summed E-state index contributed by atoms with van der Waals surface area (Å²) in [5, 5.41) is 16.2. The monoisotopic (exact) mass is 530 g/mol. The number of carbonyl (C=O) groups excluding carboxylic acids is 1. The van der Waals surface area contributed by atoms with E-state index in [0.717, 1.165) is 4.47 Å². The molecule has 0 amide bonds. The van der Waals surface area contributed by atoms with Crippen molar-refractivity contribution in [3.63, 3.8) is 0 Å². The molecule has 1 heterocycles. The number of halogens is 1. The summed E-state index contributed by atoms with van der Waals surface area (Å²) in [4.78, 5) is 40.6. The van der Waals surface area contributed by atoms with Crippen LogP contribution in [0.25, 0.3) is 10.9 Å². The third kappa shape index (κ3) is 5.48. The van der Waals surface area contributed by atoms with Crippen molar-refractivity contribution in [2.45, 2.75) is 33.1 Å². The highest BCUT2D eigenvalue weighted by atomic mass is 79.9. The van der Waals surface area contributed by atoms with Crippen molar-refractivity contribution in [1.82, 2.24) is 9.66 Å². The molecule has 0 spiro atoms. The molecule has 0 saturated heterocycles. The van der Waals surface area contributed by atoms with Gasteiger partial charge in [-0.15, -0.1) is 0 Å². The predicted molar refractivity (Wildman–Crippen MR) is 131 cm³/mol. The number of nitrogens with zero attached hydrogens (tertiary/aromatic N) is 4. The van der Waals surface area contributed by atoms with Gasteiger partial charge in [0.1, 0.15) is 5.82 Å². The van der Waals surface area contributed by atoms with Crippen LogP contribution in [0.5, 0.6) is 5.75 Å². The Hall–Kier alpha value is -3.60. The molecule has 2 aromatic carbocycles. The van der Waals surface area contributed by atoms with Crippen LogP contribution in [0.1, 0.15) is 44.5 Å². The van der Waals surface area contributed by atoms with Gasteiger partial charge < -0.3 is 9.47 Å². The Bertz CT molecular complexity index is 1320. The second-order valence-electron chi connectivity index (χ2n) is 7.35. The topological polar surface area (TPSA) is 126 Å². The number of nitro benzene ring substituents is 1. The fraction of sp³-hybridized carbons (Fsp3) is 0.304. The van der Waals surface area contributed by atoms with Crippen LogP contribution in [-0.4, -0.2) is 40.0 Å². The highest BCUT2D eigenvalue weighted by Gasteiger charge is 2.21. The van der Waals surface area contributed by atoms with Crippen molar-refractivity contribution >= 4 is 44.7 Å². The number of hydrogen-bond donors (Lipinski definition) is 0. The fourth-order valence-electron chi connectivity index (χ4n) is 3.18. The molecule has 0 bridgehead atoms. The van der Waals surface area contributed by atoms with Crippen molar-refractivity contribution in [2.75, 3.05) is 13.2 Å². The Balaban J connectivity index is 2.13. The van der Waals surface area contributed by atoms with E-state index in [-0.39, 0.29) is 35.1 Å². The maximum absolute atomic E-state index is 13.3. The number of carbonyl (C=O) groups is 1.